The Morgan fingerprint density at radius 2 is 1.85 bits per heavy atom. The van der Waals surface area contributed by atoms with Gasteiger partial charge in [0.15, 0.2) is 5.16 Å². The molecule has 10 heteroatoms. The number of hydrazine groups is 1. The lowest BCUT2D eigenvalue weighted by Crippen LogP contribution is -2.42. The number of allylic oxidation sites excluding steroid dienone is 1. The lowest BCUT2D eigenvalue weighted by molar-refractivity contribution is -0.119. The van der Waals surface area contributed by atoms with Crippen molar-refractivity contribution >= 4 is 45.1 Å². The Balaban J connectivity index is 1.50. The highest BCUT2D eigenvalue weighted by molar-refractivity contribution is 7.99. The fourth-order valence-electron chi connectivity index (χ4n) is 3.15. The minimum Gasteiger partial charge on any atom is -0.283 e. The van der Waals surface area contributed by atoms with Crippen LogP contribution < -0.4 is 16.4 Å². The minimum absolute atomic E-state index is 0.121. The van der Waals surface area contributed by atoms with Gasteiger partial charge < -0.3 is 0 Å². The van der Waals surface area contributed by atoms with E-state index in [-0.39, 0.29) is 23.4 Å². The van der Waals surface area contributed by atoms with E-state index in [0.29, 0.717) is 15.4 Å². The molecule has 0 atom stereocenters. The number of nitrogens with zero attached hydrogens (tertiary/aromatic N) is 2. The van der Waals surface area contributed by atoms with Gasteiger partial charge in [0.2, 0.25) is 5.91 Å². The zero-order valence-corrected chi connectivity index (χ0v) is 19.4. The van der Waals surface area contributed by atoms with Crippen molar-refractivity contribution in [2.24, 2.45) is 0 Å². The molecule has 0 fully saturated rings. The first-order chi connectivity index (χ1) is 16.5. The van der Waals surface area contributed by atoms with Crippen LogP contribution in [-0.2, 0) is 11.3 Å². The first kappa shape index (κ1) is 23.4. The van der Waals surface area contributed by atoms with Crippen LogP contribution in [0.25, 0.3) is 20.7 Å². The van der Waals surface area contributed by atoms with Crippen molar-refractivity contribution in [1.82, 2.24) is 20.4 Å². The molecular weight excluding hydrogens is 475 g/mol. The van der Waals surface area contributed by atoms with E-state index in [1.807, 2.05) is 36.4 Å². The Morgan fingerprint density at radius 1 is 1.12 bits per heavy atom. The van der Waals surface area contributed by atoms with Gasteiger partial charge in [-0.1, -0.05) is 60.3 Å². The lowest BCUT2D eigenvalue weighted by Gasteiger charge is -2.10. The molecule has 2 N–H and O–H groups in total. The highest BCUT2D eigenvalue weighted by Gasteiger charge is 2.17. The molecule has 0 saturated carbocycles. The summed E-state index contributed by atoms with van der Waals surface area (Å²) < 4.78 is 15.2. The molecule has 172 valence electrons. The molecule has 2 aromatic carbocycles. The maximum absolute atomic E-state index is 13.7. The summed E-state index contributed by atoms with van der Waals surface area (Å²) >= 11 is 2.45. The van der Waals surface area contributed by atoms with E-state index in [9.17, 15) is 18.8 Å². The highest BCUT2D eigenvalue weighted by Crippen LogP contribution is 2.32. The summed E-state index contributed by atoms with van der Waals surface area (Å²) in [5.74, 6) is -2.12. The molecule has 7 nitrogen and oxygen atoms in total. The summed E-state index contributed by atoms with van der Waals surface area (Å²) in [6, 6.07) is 17.0. The summed E-state index contributed by atoms with van der Waals surface area (Å²) in [5.41, 5.74) is 5.01. The van der Waals surface area contributed by atoms with E-state index in [4.69, 9.17) is 0 Å². The van der Waals surface area contributed by atoms with Crippen molar-refractivity contribution < 1.29 is 14.0 Å². The topological polar surface area (TPSA) is 93.1 Å². The van der Waals surface area contributed by atoms with Crippen LogP contribution in [-0.4, -0.2) is 27.1 Å². The number of thioether (sulfide) groups is 1. The van der Waals surface area contributed by atoms with Crippen molar-refractivity contribution in [1.29, 1.82) is 0 Å². The molecule has 4 rings (SSSR count). The van der Waals surface area contributed by atoms with Crippen molar-refractivity contribution in [3.63, 3.8) is 0 Å². The van der Waals surface area contributed by atoms with Crippen molar-refractivity contribution in [3.8, 4) is 10.4 Å². The molecule has 2 heterocycles. The maximum atomic E-state index is 13.7. The van der Waals surface area contributed by atoms with E-state index in [1.165, 1.54) is 34.1 Å². The van der Waals surface area contributed by atoms with Crippen LogP contribution in [0.5, 0.6) is 0 Å². The number of halogens is 1. The number of aromatic nitrogens is 2. The summed E-state index contributed by atoms with van der Waals surface area (Å²) in [6.07, 6.45) is 1.58. The number of amides is 2. The molecule has 0 bridgehead atoms. The zero-order chi connectivity index (χ0) is 24.1. The Morgan fingerprint density at radius 3 is 2.59 bits per heavy atom. The number of nitrogens with one attached hydrogen (secondary N) is 2. The Hall–Kier alpha value is -3.76. The fourth-order valence-corrected chi connectivity index (χ4v) is 5.03. The number of hydrogen-bond donors (Lipinski definition) is 2. The summed E-state index contributed by atoms with van der Waals surface area (Å²) in [7, 11) is 0. The third-order valence-electron chi connectivity index (χ3n) is 4.75. The first-order valence-corrected chi connectivity index (χ1v) is 12.0. The molecule has 0 aliphatic carbocycles. The van der Waals surface area contributed by atoms with Gasteiger partial charge in [0.25, 0.3) is 11.5 Å². The quantitative estimate of drug-likeness (QED) is 0.175. The maximum Gasteiger partial charge on any atom is 0.272 e. The lowest BCUT2D eigenvalue weighted by atomic mass is 10.2. The molecule has 0 spiro atoms. The zero-order valence-electron chi connectivity index (χ0n) is 17.8. The fraction of sp³-hybridized carbons (Fsp3) is 0.0833. The molecule has 34 heavy (non-hydrogen) atoms. The van der Waals surface area contributed by atoms with Crippen LogP contribution in [0.4, 0.5) is 4.39 Å². The monoisotopic (exact) mass is 494 g/mol. The second-order valence-electron chi connectivity index (χ2n) is 7.07. The number of carbonyl (C=O) groups excluding carboxylic acids is 2. The molecule has 0 radical (unpaired) electrons. The molecular formula is C24H19FN4O3S2. The van der Waals surface area contributed by atoms with Gasteiger partial charge in [-0.3, -0.25) is 29.8 Å². The smallest absolute Gasteiger partial charge is 0.272 e. The van der Waals surface area contributed by atoms with Gasteiger partial charge in [-0.05, 0) is 23.8 Å². The standard InChI is InChI=1S/C24H19FN4O3S2/c1-2-12-29-23(32)17-13-19(15-8-4-3-5-9-15)34-22(17)26-24(29)33-14-20(30)27-28-21(31)16-10-6-7-11-18(16)25/h2-11,13H,1,12,14H2,(H,27,30)(H,28,31). The average molecular weight is 495 g/mol. The first-order valence-electron chi connectivity index (χ1n) is 10.1. The van der Waals surface area contributed by atoms with Crippen LogP contribution in [0.15, 0.2) is 83.3 Å². The molecule has 0 aliphatic rings. The largest absolute Gasteiger partial charge is 0.283 e. The molecule has 4 aromatic rings. The number of benzene rings is 2. The molecule has 0 aliphatic heterocycles. The van der Waals surface area contributed by atoms with Gasteiger partial charge >= 0.3 is 0 Å². The molecule has 2 aromatic heterocycles. The highest BCUT2D eigenvalue weighted by atomic mass is 32.2. The van der Waals surface area contributed by atoms with Gasteiger partial charge in [0.1, 0.15) is 10.6 Å². The second kappa shape index (κ2) is 10.4. The Kier molecular flexibility index (Phi) is 7.19. The number of rotatable bonds is 7. The van der Waals surface area contributed by atoms with E-state index in [2.05, 4.69) is 22.4 Å². The number of hydrogen-bond acceptors (Lipinski definition) is 6. The SMILES string of the molecule is C=CCn1c(SCC(=O)NNC(=O)c2ccccc2F)nc2sc(-c3ccccc3)cc2c1=O. The molecule has 2 amide bonds. The van der Waals surface area contributed by atoms with Crippen molar-refractivity contribution in [2.45, 2.75) is 11.7 Å². The van der Waals surface area contributed by atoms with Crippen LogP contribution in [0.3, 0.4) is 0 Å². The number of thiophene rings is 1. The van der Waals surface area contributed by atoms with Gasteiger partial charge in [0, 0.05) is 11.4 Å². The average Bonchev–Trinajstić information content (AvgIpc) is 3.28. The van der Waals surface area contributed by atoms with Gasteiger partial charge in [-0.15, -0.1) is 17.9 Å². The predicted molar refractivity (Wildman–Crippen MR) is 132 cm³/mol. The van der Waals surface area contributed by atoms with Crippen molar-refractivity contribution in [2.75, 3.05) is 5.75 Å². The van der Waals surface area contributed by atoms with E-state index >= 15 is 0 Å². The van der Waals surface area contributed by atoms with Crippen LogP contribution in [0.1, 0.15) is 10.4 Å². The number of carbonyl (C=O) groups is 2. The third kappa shape index (κ3) is 5.08. The molecule has 0 saturated heterocycles. The van der Waals surface area contributed by atoms with Gasteiger partial charge in [-0.2, -0.15) is 0 Å². The van der Waals surface area contributed by atoms with Crippen LogP contribution in [0.2, 0.25) is 0 Å². The van der Waals surface area contributed by atoms with Crippen LogP contribution in [0, 0.1) is 5.82 Å². The Labute approximate surface area is 202 Å². The summed E-state index contributed by atoms with van der Waals surface area (Å²) in [5, 5.41) is 0.853. The van der Waals surface area contributed by atoms with E-state index < -0.39 is 17.6 Å². The van der Waals surface area contributed by atoms with Gasteiger partial charge in [0.05, 0.1) is 16.7 Å². The van der Waals surface area contributed by atoms with E-state index in [1.54, 1.807) is 6.08 Å². The minimum atomic E-state index is -0.772. The van der Waals surface area contributed by atoms with Crippen LogP contribution >= 0.6 is 23.1 Å². The van der Waals surface area contributed by atoms with E-state index in [0.717, 1.165) is 28.3 Å². The second-order valence-corrected chi connectivity index (χ2v) is 9.04. The van der Waals surface area contributed by atoms with Gasteiger partial charge in [-0.25, -0.2) is 9.37 Å². The van der Waals surface area contributed by atoms with Crippen molar-refractivity contribution in [3.05, 3.63) is 95.1 Å². The summed E-state index contributed by atoms with van der Waals surface area (Å²) in [6.45, 7) is 3.93. The summed E-state index contributed by atoms with van der Waals surface area (Å²) in [4.78, 5) is 43.5. The normalized spacial score (nSPS) is 10.7. The predicted octanol–water partition coefficient (Wildman–Crippen LogP) is 4.00. The molecule has 0 unspecified atom stereocenters. The Bertz CT molecular complexity index is 1430. The number of fused-ring (bicyclic) bond motifs is 1. The third-order valence-corrected chi connectivity index (χ3v) is 6.81.